The highest BCUT2D eigenvalue weighted by atomic mass is 16.4. The van der Waals surface area contributed by atoms with E-state index in [2.05, 4.69) is 16.4 Å². The van der Waals surface area contributed by atoms with Crippen molar-refractivity contribution in [3.8, 4) is 0 Å². The van der Waals surface area contributed by atoms with Crippen LogP contribution in [0, 0.1) is 0 Å². The van der Waals surface area contributed by atoms with Crippen LogP contribution in [0.4, 0.5) is 0 Å². The summed E-state index contributed by atoms with van der Waals surface area (Å²) >= 11 is 0. The van der Waals surface area contributed by atoms with Gasteiger partial charge < -0.3 is 15.9 Å². The summed E-state index contributed by atoms with van der Waals surface area (Å²) < 4.78 is 0. The monoisotopic (exact) mass is 387 g/mol. The Balaban J connectivity index is 2.87. The number of likely N-dealkylation sites (tertiary alicyclic amines) is 1. The minimum atomic E-state index is -2.13. The maximum absolute atomic E-state index is 12.3. The van der Waals surface area contributed by atoms with Gasteiger partial charge in [-0.15, -0.1) is 0 Å². The van der Waals surface area contributed by atoms with Gasteiger partial charge in [0.05, 0.1) is 0 Å². The maximum atomic E-state index is 12.3. The summed E-state index contributed by atoms with van der Waals surface area (Å²) in [6.45, 7) is 1.12. The lowest BCUT2D eigenvalue weighted by atomic mass is 10.0. The molecular weight excluding hydrogens is 362 g/mol. The van der Waals surface area contributed by atoms with E-state index in [9.17, 15) is 29.1 Å². The number of hydrogen-bond acceptors (Lipinski definition) is 8. The fourth-order valence-electron chi connectivity index (χ4n) is 2.59. The molecule has 7 N–H and O–H groups in total. The van der Waals surface area contributed by atoms with Crippen LogP contribution >= 0.6 is 0 Å². The van der Waals surface area contributed by atoms with Crippen molar-refractivity contribution in [3.05, 3.63) is 0 Å². The van der Waals surface area contributed by atoms with Gasteiger partial charge in [0.25, 0.3) is 0 Å². The first kappa shape index (κ1) is 22.5. The van der Waals surface area contributed by atoms with Crippen LogP contribution in [0.2, 0.25) is 0 Å². The third-order valence-electron chi connectivity index (χ3n) is 4.19. The number of amides is 3. The van der Waals surface area contributed by atoms with E-state index in [0.717, 1.165) is 6.92 Å². The number of rotatable bonds is 10. The van der Waals surface area contributed by atoms with Crippen molar-refractivity contribution in [2.75, 3.05) is 0 Å². The second-order valence-corrected chi connectivity index (χ2v) is 6.34. The van der Waals surface area contributed by atoms with E-state index in [0.29, 0.717) is 24.2 Å². The lowest BCUT2D eigenvalue weighted by Gasteiger charge is -2.38. The van der Waals surface area contributed by atoms with Crippen molar-refractivity contribution >= 4 is 29.7 Å². The minimum Gasteiger partial charge on any atom is -0.481 e. The predicted octanol–water partition coefficient (Wildman–Crippen LogP) is -1.58. The highest BCUT2D eigenvalue weighted by Gasteiger charge is 2.46. The molecule has 1 fully saturated rings. The van der Waals surface area contributed by atoms with E-state index >= 15 is 0 Å². The number of primary amides is 1. The number of imide groups is 1. The summed E-state index contributed by atoms with van der Waals surface area (Å²) in [7, 11) is 0. The molecule has 2 atom stereocenters. The van der Waals surface area contributed by atoms with Gasteiger partial charge in [0.15, 0.2) is 0 Å². The standard InChI is InChI=1S/C15H25N5O7/c1-15(14(26)27,20-10(21)5-3-2-4-6-11(20)22)18-19-17-9(13(16)25)7-8-12(23)24/h9,17-19H,2-8H2,1H3,(H2,16,25)(H,23,24)(H,26,27)/t9-,15-/m1/s1. The first-order valence-corrected chi connectivity index (χ1v) is 8.47. The molecule has 152 valence electrons. The molecule has 0 unspecified atom stereocenters. The Kier molecular flexibility index (Phi) is 8.28. The second-order valence-electron chi connectivity index (χ2n) is 6.34. The van der Waals surface area contributed by atoms with Crippen molar-refractivity contribution in [1.82, 2.24) is 21.3 Å². The van der Waals surface area contributed by atoms with Gasteiger partial charge >= 0.3 is 11.9 Å². The number of carboxylic acids is 2. The third kappa shape index (κ3) is 6.27. The quantitative estimate of drug-likeness (QED) is 0.188. The van der Waals surface area contributed by atoms with Gasteiger partial charge in [0, 0.05) is 19.3 Å². The molecule has 0 aromatic rings. The van der Waals surface area contributed by atoms with Crippen molar-refractivity contribution in [3.63, 3.8) is 0 Å². The molecule has 1 rings (SSSR count). The lowest BCUT2D eigenvalue weighted by Crippen LogP contribution is -2.71. The maximum Gasteiger partial charge on any atom is 0.346 e. The molecule has 12 heteroatoms. The molecule has 27 heavy (non-hydrogen) atoms. The van der Waals surface area contributed by atoms with Crippen LogP contribution < -0.4 is 22.1 Å². The minimum absolute atomic E-state index is 0.0340. The molecule has 0 radical (unpaired) electrons. The van der Waals surface area contributed by atoms with Crippen LogP contribution in [0.1, 0.15) is 51.9 Å². The summed E-state index contributed by atoms with van der Waals surface area (Å²) in [6, 6.07) is -1.12. The van der Waals surface area contributed by atoms with Gasteiger partial charge in [-0.2, -0.15) is 5.53 Å². The average Bonchev–Trinajstić information content (AvgIpc) is 2.55. The number of hydrazine groups is 2. The number of nitrogens with zero attached hydrogens (tertiary/aromatic N) is 1. The molecule has 1 aliphatic rings. The van der Waals surface area contributed by atoms with Gasteiger partial charge in [-0.05, 0) is 26.2 Å². The second kappa shape index (κ2) is 9.94. The Morgan fingerprint density at radius 3 is 2.15 bits per heavy atom. The van der Waals surface area contributed by atoms with Gasteiger partial charge in [-0.1, -0.05) is 6.42 Å². The Morgan fingerprint density at radius 2 is 1.70 bits per heavy atom. The zero-order valence-electron chi connectivity index (χ0n) is 15.0. The van der Waals surface area contributed by atoms with E-state index in [1.807, 2.05) is 0 Å². The van der Waals surface area contributed by atoms with Gasteiger partial charge in [-0.25, -0.2) is 15.6 Å². The number of nitrogens with two attached hydrogens (primary N) is 1. The van der Waals surface area contributed by atoms with Crippen molar-refractivity contribution in [2.45, 2.75) is 63.6 Å². The molecule has 0 aromatic carbocycles. The molecule has 0 aromatic heterocycles. The highest BCUT2D eigenvalue weighted by Crippen LogP contribution is 2.20. The molecular formula is C15H25N5O7. The topological polar surface area (TPSA) is 191 Å². The summed E-state index contributed by atoms with van der Waals surface area (Å²) in [5.41, 5.74) is 9.98. The fraction of sp³-hybridized carbons (Fsp3) is 0.667. The van der Waals surface area contributed by atoms with E-state index in [1.165, 1.54) is 0 Å². The number of nitrogens with one attached hydrogen (secondary N) is 3. The number of carbonyl (C=O) groups is 5. The Bertz CT molecular complexity index is 593. The normalized spacial score (nSPS) is 18.9. The smallest absolute Gasteiger partial charge is 0.346 e. The molecule has 1 aliphatic heterocycles. The van der Waals surface area contributed by atoms with Crippen molar-refractivity contribution < 1.29 is 34.2 Å². The van der Waals surface area contributed by atoms with E-state index in [-0.39, 0.29) is 25.7 Å². The first-order chi connectivity index (χ1) is 12.6. The van der Waals surface area contributed by atoms with Crippen LogP contribution in [0.15, 0.2) is 0 Å². The molecule has 1 heterocycles. The number of aliphatic carboxylic acids is 2. The average molecular weight is 387 g/mol. The van der Waals surface area contributed by atoms with E-state index in [1.54, 1.807) is 0 Å². The van der Waals surface area contributed by atoms with Crippen LogP contribution in [0.25, 0.3) is 0 Å². The van der Waals surface area contributed by atoms with Crippen molar-refractivity contribution in [1.29, 1.82) is 0 Å². The lowest BCUT2D eigenvalue weighted by molar-refractivity contribution is -0.170. The SMILES string of the molecule is C[C@](NNN[C@H](CCC(=O)O)C(N)=O)(C(=O)O)N1C(=O)CCCCCC1=O. The molecule has 1 saturated heterocycles. The van der Waals surface area contributed by atoms with Crippen LogP contribution in [-0.2, 0) is 24.0 Å². The fourth-order valence-corrected chi connectivity index (χ4v) is 2.59. The molecule has 12 nitrogen and oxygen atoms in total. The highest BCUT2D eigenvalue weighted by molar-refractivity contribution is 6.00. The number of hydrogen-bond donors (Lipinski definition) is 6. The van der Waals surface area contributed by atoms with Gasteiger partial charge in [0.1, 0.15) is 6.04 Å². The summed E-state index contributed by atoms with van der Waals surface area (Å²) in [5, 5.41) is 18.3. The Hall–Kier alpha value is -2.57. The molecule has 0 spiro atoms. The summed E-state index contributed by atoms with van der Waals surface area (Å²) in [5.74, 6) is -4.75. The molecule has 0 saturated carbocycles. The van der Waals surface area contributed by atoms with Gasteiger partial charge in [-0.3, -0.25) is 24.1 Å². The molecule has 0 bridgehead atoms. The van der Waals surface area contributed by atoms with E-state index in [4.69, 9.17) is 10.8 Å². The largest absolute Gasteiger partial charge is 0.481 e. The van der Waals surface area contributed by atoms with Crippen molar-refractivity contribution in [2.24, 2.45) is 5.73 Å². The van der Waals surface area contributed by atoms with Crippen LogP contribution in [0.5, 0.6) is 0 Å². The van der Waals surface area contributed by atoms with Crippen LogP contribution in [-0.4, -0.2) is 56.5 Å². The van der Waals surface area contributed by atoms with E-state index < -0.39 is 41.4 Å². The molecule has 3 amide bonds. The number of carbonyl (C=O) groups excluding carboxylic acids is 3. The van der Waals surface area contributed by atoms with Crippen LogP contribution in [0.3, 0.4) is 0 Å². The molecule has 0 aliphatic carbocycles. The third-order valence-corrected chi connectivity index (χ3v) is 4.19. The predicted molar refractivity (Wildman–Crippen MR) is 90.2 cm³/mol. The summed E-state index contributed by atoms with van der Waals surface area (Å²) in [4.78, 5) is 59.1. The summed E-state index contributed by atoms with van der Waals surface area (Å²) in [6.07, 6.45) is 1.36. The Morgan fingerprint density at radius 1 is 1.15 bits per heavy atom. The zero-order valence-corrected chi connectivity index (χ0v) is 15.0. The zero-order chi connectivity index (χ0) is 20.6. The Labute approximate surface area is 155 Å². The number of carboxylic acid groups (broad SMARTS) is 2. The first-order valence-electron chi connectivity index (χ1n) is 8.47. The van der Waals surface area contributed by atoms with Gasteiger partial charge in [0.2, 0.25) is 23.4 Å².